The maximum absolute atomic E-state index is 13.6. The van der Waals surface area contributed by atoms with Gasteiger partial charge in [0.15, 0.2) is 0 Å². The van der Waals surface area contributed by atoms with Gasteiger partial charge in [0.1, 0.15) is 18.7 Å². The number of benzene rings is 2. The Kier molecular flexibility index (Phi) is 5.13. The second-order valence-corrected chi connectivity index (χ2v) is 7.28. The van der Waals surface area contributed by atoms with Crippen LogP contribution >= 0.6 is 23.2 Å². The van der Waals surface area contributed by atoms with Gasteiger partial charge in [0, 0.05) is 15.6 Å². The normalized spacial score (nSPS) is 18.6. The van der Waals surface area contributed by atoms with Crippen LogP contribution in [0.5, 0.6) is 0 Å². The summed E-state index contributed by atoms with van der Waals surface area (Å²) in [4.78, 5) is 8.60. The number of oxime groups is 1. The lowest BCUT2D eigenvalue weighted by molar-refractivity contribution is -0.216. The van der Waals surface area contributed by atoms with Gasteiger partial charge in [-0.15, -0.1) is 0 Å². The summed E-state index contributed by atoms with van der Waals surface area (Å²) in [6, 6.07) is 10.7. The lowest BCUT2D eigenvalue weighted by Gasteiger charge is -2.22. The van der Waals surface area contributed by atoms with Crippen LogP contribution in [-0.2, 0) is 4.84 Å². The Hall–Kier alpha value is -3.09. The van der Waals surface area contributed by atoms with Crippen molar-refractivity contribution in [1.82, 2.24) is 14.8 Å². The predicted molar refractivity (Wildman–Crippen MR) is 103 cm³/mol. The molecule has 0 saturated carbocycles. The Labute approximate surface area is 178 Å². The van der Waals surface area contributed by atoms with Crippen molar-refractivity contribution in [1.29, 1.82) is 5.26 Å². The minimum Gasteiger partial charge on any atom is -0.381 e. The number of hydrogen-bond acceptors (Lipinski definition) is 5. The van der Waals surface area contributed by atoms with Gasteiger partial charge in [0.25, 0.3) is 0 Å². The maximum Gasteiger partial charge on any atom is 0.429 e. The van der Waals surface area contributed by atoms with E-state index in [0.29, 0.717) is 11.3 Å². The molecule has 0 radical (unpaired) electrons. The molecule has 0 spiro atoms. The van der Waals surface area contributed by atoms with Gasteiger partial charge in [0.05, 0.1) is 22.9 Å². The average Bonchev–Trinajstić information content (AvgIpc) is 3.36. The third-order valence-electron chi connectivity index (χ3n) is 4.51. The first kappa shape index (κ1) is 20.2. The van der Waals surface area contributed by atoms with E-state index in [4.69, 9.17) is 28.0 Å². The van der Waals surface area contributed by atoms with Gasteiger partial charge in [0.2, 0.25) is 6.10 Å². The molecule has 11 heteroatoms. The molecule has 0 aliphatic carbocycles. The molecule has 30 heavy (non-hydrogen) atoms. The summed E-state index contributed by atoms with van der Waals surface area (Å²) in [5.74, 6) is -1.31. The highest BCUT2D eigenvalue weighted by Crippen LogP contribution is 2.42. The number of aromatic nitrogens is 3. The van der Waals surface area contributed by atoms with Crippen LogP contribution in [0.2, 0.25) is 10.0 Å². The van der Waals surface area contributed by atoms with E-state index < -0.39 is 18.2 Å². The number of nitrogens with zero attached hydrogens (tertiary/aromatic N) is 5. The molecule has 1 aromatic heterocycles. The Bertz CT molecular complexity index is 1150. The number of halogens is 5. The van der Waals surface area contributed by atoms with Crippen molar-refractivity contribution in [2.45, 2.75) is 18.2 Å². The number of hydrogen-bond donors (Lipinski definition) is 0. The summed E-state index contributed by atoms with van der Waals surface area (Å²) >= 11 is 12.0. The zero-order chi connectivity index (χ0) is 21.5. The van der Waals surface area contributed by atoms with Crippen molar-refractivity contribution in [3.05, 3.63) is 75.8 Å². The molecule has 2 heterocycles. The molecule has 0 N–H and O–H groups in total. The Morgan fingerprint density at radius 2 is 1.83 bits per heavy atom. The largest absolute Gasteiger partial charge is 0.429 e. The van der Waals surface area contributed by atoms with E-state index >= 15 is 0 Å². The molecule has 2 aromatic carbocycles. The van der Waals surface area contributed by atoms with Crippen molar-refractivity contribution < 1.29 is 18.0 Å². The summed E-state index contributed by atoms with van der Waals surface area (Å²) in [5.41, 5.74) is 1.11. The molecular formula is C19H10Cl2F3N5O. The molecule has 1 aliphatic rings. The third kappa shape index (κ3) is 3.72. The van der Waals surface area contributed by atoms with Crippen molar-refractivity contribution >= 4 is 28.9 Å². The fourth-order valence-corrected chi connectivity index (χ4v) is 3.80. The summed E-state index contributed by atoms with van der Waals surface area (Å²) in [6.07, 6.45) is -4.20. The van der Waals surface area contributed by atoms with Crippen LogP contribution in [0, 0.1) is 11.3 Å². The number of nitriles is 1. The summed E-state index contributed by atoms with van der Waals surface area (Å²) in [7, 11) is 0. The Morgan fingerprint density at radius 3 is 2.43 bits per heavy atom. The maximum atomic E-state index is 13.6. The fourth-order valence-electron chi connectivity index (χ4n) is 3.26. The molecule has 3 aromatic rings. The SMILES string of the molecule is N#Cc1cc(C2=NOC(C(F)(F)F)C2c2cc(Cl)cc(Cl)c2)ccc1-n1cncn1. The molecule has 0 fully saturated rings. The van der Waals surface area contributed by atoms with Crippen LogP contribution in [-0.4, -0.2) is 32.8 Å². The molecule has 2 atom stereocenters. The summed E-state index contributed by atoms with van der Waals surface area (Å²) in [5, 5.41) is 17.6. The highest BCUT2D eigenvalue weighted by Gasteiger charge is 2.53. The topological polar surface area (TPSA) is 76.1 Å². The van der Waals surface area contributed by atoms with Crippen LogP contribution in [0.25, 0.3) is 5.69 Å². The van der Waals surface area contributed by atoms with Gasteiger partial charge in [-0.3, -0.25) is 0 Å². The second-order valence-electron chi connectivity index (χ2n) is 6.41. The first-order chi connectivity index (χ1) is 14.3. The highest BCUT2D eigenvalue weighted by molar-refractivity contribution is 6.34. The minimum absolute atomic E-state index is 0.0114. The lowest BCUT2D eigenvalue weighted by atomic mass is 9.85. The zero-order valence-corrected chi connectivity index (χ0v) is 16.3. The predicted octanol–water partition coefficient (Wildman–Crippen LogP) is 4.89. The van der Waals surface area contributed by atoms with Crippen LogP contribution in [0.3, 0.4) is 0 Å². The highest BCUT2D eigenvalue weighted by atomic mass is 35.5. The van der Waals surface area contributed by atoms with Crippen molar-refractivity contribution in [2.75, 3.05) is 0 Å². The van der Waals surface area contributed by atoms with Crippen LogP contribution in [0.1, 0.15) is 22.6 Å². The van der Waals surface area contributed by atoms with Crippen LogP contribution in [0.4, 0.5) is 13.2 Å². The third-order valence-corrected chi connectivity index (χ3v) is 4.94. The van der Waals surface area contributed by atoms with E-state index in [1.54, 1.807) is 6.07 Å². The molecule has 6 nitrogen and oxygen atoms in total. The number of rotatable bonds is 3. The van der Waals surface area contributed by atoms with Crippen molar-refractivity contribution in [3.8, 4) is 11.8 Å². The number of alkyl halides is 3. The molecule has 0 bridgehead atoms. The van der Waals surface area contributed by atoms with Crippen molar-refractivity contribution in [2.24, 2.45) is 5.16 Å². The quantitative estimate of drug-likeness (QED) is 0.567. The molecule has 1 aliphatic heterocycles. The van der Waals surface area contributed by atoms with Crippen molar-refractivity contribution in [3.63, 3.8) is 0 Å². The monoisotopic (exact) mass is 451 g/mol. The molecule has 0 amide bonds. The first-order valence-corrected chi connectivity index (χ1v) is 9.19. The molecule has 152 valence electrons. The van der Waals surface area contributed by atoms with Crippen LogP contribution in [0.15, 0.2) is 54.2 Å². The van der Waals surface area contributed by atoms with E-state index in [9.17, 15) is 18.4 Å². The standard InChI is InChI=1S/C19H10Cl2F3N5O/c20-13-4-11(5-14(21)6-13)16-17(28-30-18(16)19(22,23)24)10-1-2-15(12(3-10)7-25)29-9-26-8-27-29/h1-6,8-9,16,18H. The first-order valence-electron chi connectivity index (χ1n) is 8.44. The molecule has 0 saturated heterocycles. The van der Waals surface area contributed by atoms with Gasteiger partial charge in [-0.05, 0) is 35.9 Å². The minimum atomic E-state index is -4.69. The van der Waals surface area contributed by atoms with Crippen LogP contribution < -0.4 is 0 Å². The molecule has 2 unspecified atom stereocenters. The van der Waals surface area contributed by atoms with Gasteiger partial charge < -0.3 is 4.84 Å². The van der Waals surface area contributed by atoms with Gasteiger partial charge >= 0.3 is 6.18 Å². The molecule has 4 rings (SSSR count). The van der Waals surface area contributed by atoms with E-state index in [1.165, 1.54) is 47.7 Å². The van der Waals surface area contributed by atoms with E-state index in [2.05, 4.69) is 15.2 Å². The lowest BCUT2D eigenvalue weighted by Crippen LogP contribution is -2.35. The van der Waals surface area contributed by atoms with E-state index in [-0.39, 0.29) is 26.9 Å². The Morgan fingerprint density at radius 1 is 1.10 bits per heavy atom. The fraction of sp³-hybridized carbons (Fsp3) is 0.158. The summed E-state index contributed by atoms with van der Waals surface area (Å²) in [6.45, 7) is 0. The molecular weight excluding hydrogens is 442 g/mol. The van der Waals surface area contributed by atoms with E-state index in [0.717, 1.165) is 0 Å². The van der Waals surface area contributed by atoms with Gasteiger partial charge in [-0.2, -0.15) is 23.5 Å². The van der Waals surface area contributed by atoms with E-state index in [1.807, 2.05) is 6.07 Å². The zero-order valence-electron chi connectivity index (χ0n) is 14.8. The average molecular weight is 452 g/mol. The van der Waals surface area contributed by atoms with Gasteiger partial charge in [-0.25, -0.2) is 9.67 Å². The smallest absolute Gasteiger partial charge is 0.381 e. The second kappa shape index (κ2) is 7.63. The Balaban J connectivity index is 1.82. The van der Waals surface area contributed by atoms with Gasteiger partial charge in [-0.1, -0.05) is 34.4 Å². The summed E-state index contributed by atoms with van der Waals surface area (Å²) < 4.78 is 42.3.